The summed E-state index contributed by atoms with van der Waals surface area (Å²) in [4.78, 5) is 22.5. The van der Waals surface area contributed by atoms with E-state index in [1.165, 1.54) is 35.2 Å². The first-order valence-electron chi connectivity index (χ1n) is 5.98. The number of rotatable bonds is 5. The number of nitro groups is 1. The standard InChI is InChI=1S/C12H12N4O3S2/c1-7(20-12-15-14-8(2)21-12)11(17)13-9-5-3-4-6-10(9)16(18)19/h3-7H,1-2H3,(H,13,17)/t7-/m0/s1. The summed E-state index contributed by atoms with van der Waals surface area (Å²) in [5.74, 6) is -0.317. The van der Waals surface area contributed by atoms with E-state index in [4.69, 9.17) is 0 Å². The van der Waals surface area contributed by atoms with Gasteiger partial charge in [0.2, 0.25) is 5.91 Å². The Kier molecular flexibility index (Phi) is 4.86. The first kappa shape index (κ1) is 15.4. The van der Waals surface area contributed by atoms with Gasteiger partial charge in [-0.3, -0.25) is 14.9 Å². The lowest BCUT2D eigenvalue weighted by Gasteiger charge is -2.10. The molecule has 2 aromatic rings. The van der Waals surface area contributed by atoms with Crippen LogP contribution in [-0.2, 0) is 4.79 Å². The topological polar surface area (TPSA) is 98.0 Å². The number of anilines is 1. The SMILES string of the molecule is Cc1nnc(S[C@@H](C)C(=O)Nc2ccccc2[N+](=O)[O-])s1. The van der Waals surface area contributed by atoms with E-state index in [1.807, 2.05) is 6.92 Å². The second-order valence-electron chi connectivity index (χ2n) is 4.11. The Morgan fingerprint density at radius 2 is 2.14 bits per heavy atom. The quantitative estimate of drug-likeness (QED) is 0.516. The van der Waals surface area contributed by atoms with E-state index < -0.39 is 10.2 Å². The maximum atomic E-state index is 12.1. The number of nitrogens with zero attached hydrogens (tertiary/aromatic N) is 3. The van der Waals surface area contributed by atoms with E-state index in [0.29, 0.717) is 4.34 Å². The van der Waals surface area contributed by atoms with Crippen molar-refractivity contribution in [3.63, 3.8) is 0 Å². The van der Waals surface area contributed by atoms with Gasteiger partial charge in [-0.2, -0.15) is 0 Å². The van der Waals surface area contributed by atoms with Gasteiger partial charge in [0.05, 0.1) is 10.2 Å². The second-order valence-corrected chi connectivity index (χ2v) is 6.88. The van der Waals surface area contributed by atoms with E-state index in [0.717, 1.165) is 5.01 Å². The van der Waals surface area contributed by atoms with Gasteiger partial charge in [0.1, 0.15) is 10.7 Å². The number of thioether (sulfide) groups is 1. The molecule has 0 saturated carbocycles. The molecule has 0 fully saturated rings. The van der Waals surface area contributed by atoms with Gasteiger partial charge in [0, 0.05) is 6.07 Å². The molecule has 1 aromatic heterocycles. The molecule has 0 spiro atoms. The molecular formula is C12H12N4O3S2. The molecule has 0 bridgehead atoms. The smallest absolute Gasteiger partial charge is 0.292 e. The van der Waals surface area contributed by atoms with Gasteiger partial charge in [-0.25, -0.2) is 0 Å². The van der Waals surface area contributed by atoms with Crippen LogP contribution in [0.25, 0.3) is 0 Å². The van der Waals surface area contributed by atoms with Gasteiger partial charge < -0.3 is 5.32 Å². The molecular weight excluding hydrogens is 312 g/mol. The number of aryl methyl sites for hydroxylation is 1. The fourth-order valence-electron chi connectivity index (χ4n) is 1.50. The molecule has 1 N–H and O–H groups in total. The molecule has 1 aromatic carbocycles. The maximum Gasteiger partial charge on any atom is 0.292 e. The van der Waals surface area contributed by atoms with Crippen molar-refractivity contribution in [1.29, 1.82) is 0 Å². The number of para-hydroxylation sites is 2. The fraction of sp³-hybridized carbons (Fsp3) is 0.250. The number of hydrogen-bond acceptors (Lipinski definition) is 7. The molecule has 21 heavy (non-hydrogen) atoms. The third-order valence-electron chi connectivity index (χ3n) is 2.51. The van der Waals surface area contributed by atoms with Crippen molar-refractivity contribution < 1.29 is 9.72 Å². The molecule has 2 rings (SSSR count). The van der Waals surface area contributed by atoms with Crippen molar-refractivity contribution in [2.45, 2.75) is 23.4 Å². The Bertz CT molecular complexity index is 674. The van der Waals surface area contributed by atoms with Crippen LogP contribution in [0.2, 0.25) is 0 Å². The summed E-state index contributed by atoms with van der Waals surface area (Å²) in [6.45, 7) is 3.55. The summed E-state index contributed by atoms with van der Waals surface area (Å²) in [5, 5.41) is 21.7. The number of benzene rings is 1. The number of amides is 1. The Balaban J connectivity index is 2.05. The van der Waals surface area contributed by atoms with E-state index >= 15 is 0 Å². The molecule has 7 nitrogen and oxygen atoms in total. The predicted molar refractivity (Wildman–Crippen MR) is 81.7 cm³/mol. The average Bonchev–Trinajstić information content (AvgIpc) is 2.84. The van der Waals surface area contributed by atoms with Crippen LogP contribution in [0.15, 0.2) is 28.6 Å². The number of aromatic nitrogens is 2. The van der Waals surface area contributed by atoms with Gasteiger partial charge in [-0.1, -0.05) is 35.2 Å². The molecule has 0 radical (unpaired) electrons. The van der Waals surface area contributed by atoms with Crippen LogP contribution in [0.4, 0.5) is 11.4 Å². The zero-order valence-electron chi connectivity index (χ0n) is 11.3. The first-order valence-corrected chi connectivity index (χ1v) is 7.68. The molecule has 0 aliphatic heterocycles. The number of hydrogen-bond donors (Lipinski definition) is 1. The zero-order valence-corrected chi connectivity index (χ0v) is 12.9. The molecule has 9 heteroatoms. The summed E-state index contributed by atoms with van der Waals surface area (Å²) in [7, 11) is 0. The Labute approximate surface area is 128 Å². The normalized spacial score (nSPS) is 11.9. The van der Waals surface area contributed by atoms with Gasteiger partial charge in [0.25, 0.3) is 5.69 Å². The minimum atomic E-state index is -0.526. The largest absolute Gasteiger partial charge is 0.319 e. The lowest BCUT2D eigenvalue weighted by molar-refractivity contribution is -0.383. The van der Waals surface area contributed by atoms with Crippen LogP contribution in [0, 0.1) is 17.0 Å². The Hall–Kier alpha value is -2.00. The van der Waals surface area contributed by atoms with Gasteiger partial charge in [0.15, 0.2) is 4.34 Å². The van der Waals surface area contributed by atoms with Crippen LogP contribution in [-0.4, -0.2) is 26.3 Å². The van der Waals surface area contributed by atoms with E-state index in [9.17, 15) is 14.9 Å². The van der Waals surface area contributed by atoms with Gasteiger partial charge in [-0.15, -0.1) is 10.2 Å². The third-order valence-corrected chi connectivity index (χ3v) is 4.54. The van der Waals surface area contributed by atoms with Crippen molar-refractivity contribution >= 4 is 40.4 Å². The lowest BCUT2D eigenvalue weighted by atomic mass is 10.2. The molecule has 0 aliphatic rings. The molecule has 1 heterocycles. The van der Waals surface area contributed by atoms with Gasteiger partial charge in [-0.05, 0) is 19.9 Å². The highest BCUT2D eigenvalue weighted by molar-refractivity contribution is 8.02. The molecule has 1 amide bonds. The number of nitrogens with one attached hydrogen (secondary N) is 1. The molecule has 0 aliphatic carbocycles. The summed E-state index contributed by atoms with van der Waals surface area (Å²) in [6, 6.07) is 6.04. The Morgan fingerprint density at radius 3 is 2.76 bits per heavy atom. The zero-order chi connectivity index (χ0) is 15.4. The van der Waals surface area contributed by atoms with Crippen molar-refractivity contribution in [2.75, 3.05) is 5.32 Å². The first-order chi connectivity index (χ1) is 9.97. The highest BCUT2D eigenvalue weighted by atomic mass is 32.2. The van der Waals surface area contributed by atoms with E-state index in [1.54, 1.807) is 19.1 Å². The van der Waals surface area contributed by atoms with E-state index in [2.05, 4.69) is 15.5 Å². The summed E-state index contributed by atoms with van der Waals surface area (Å²) in [6.07, 6.45) is 0. The van der Waals surface area contributed by atoms with Crippen LogP contribution < -0.4 is 5.32 Å². The highest BCUT2D eigenvalue weighted by Crippen LogP contribution is 2.28. The second kappa shape index (κ2) is 6.64. The van der Waals surface area contributed by atoms with Crippen molar-refractivity contribution in [3.05, 3.63) is 39.4 Å². The van der Waals surface area contributed by atoms with Crippen molar-refractivity contribution in [2.24, 2.45) is 0 Å². The van der Waals surface area contributed by atoms with Crippen LogP contribution in [0.5, 0.6) is 0 Å². The lowest BCUT2D eigenvalue weighted by Crippen LogP contribution is -2.22. The minimum absolute atomic E-state index is 0.130. The molecule has 0 unspecified atom stereocenters. The minimum Gasteiger partial charge on any atom is -0.319 e. The van der Waals surface area contributed by atoms with Crippen molar-refractivity contribution in [3.8, 4) is 0 Å². The maximum absolute atomic E-state index is 12.1. The number of carbonyl (C=O) groups excluding carboxylic acids is 1. The van der Waals surface area contributed by atoms with Crippen LogP contribution in [0.1, 0.15) is 11.9 Å². The highest BCUT2D eigenvalue weighted by Gasteiger charge is 2.20. The van der Waals surface area contributed by atoms with Crippen LogP contribution in [0.3, 0.4) is 0 Å². The Morgan fingerprint density at radius 1 is 1.43 bits per heavy atom. The molecule has 0 saturated heterocycles. The molecule has 110 valence electrons. The predicted octanol–water partition coefficient (Wildman–Crippen LogP) is 2.87. The number of nitro benzene ring substituents is 1. The summed E-state index contributed by atoms with van der Waals surface area (Å²) in [5.41, 5.74) is 0.0585. The summed E-state index contributed by atoms with van der Waals surface area (Å²) >= 11 is 2.67. The van der Waals surface area contributed by atoms with Crippen molar-refractivity contribution in [1.82, 2.24) is 10.2 Å². The van der Waals surface area contributed by atoms with E-state index in [-0.39, 0.29) is 17.3 Å². The van der Waals surface area contributed by atoms with Gasteiger partial charge >= 0.3 is 0 Å². The van der Waals surface area contributed by atoms with Crippen LogP contribution >= 0.6 is 23.1 Å². The average molecular weight is 324 g/mol. The third kappa shape index (κ3) is 3.99. The fourth-order valence-corrected chi connectivity index (χ4v) is 3.46. The summed E-state index contributed by atoms with van der Waals surface area (Å²) < 4.78 is 0.692. The number of carbonyl (C=O) groups is 1. The molecule has 1 atom stereocenters. The monoisotopic (exact) mass is 324 g/mol.